The molecular weight excluding hydrogens is 275 g/mol. The molecule has 0 fully saturated rings. The highest BCUT2D eigenvalue weighted by Crippen LogP contribution is 2.17. The van der Waals surface area contributed by atoms with Crippen LogP contribution in [0.3, 0.4) is 0 Å². The van der Waals surface area contributed by atoms with E-state index in [2.05, 4.69) is 15.4 Å². The Morgan fingerprint density at radius 1 is 1.48 bits per heavy atom. The van der Waals surface area contributed by atoms with E-state index in [9.17, 15) is 9.18 Å². The molecule has 0 saturated carbocycles. The number of methoxy groups -OCH3 is 1. The average molecular weight is 292 g/mol. The van der Waals surface area contributed by atoms with Crippen molar-refractivity contribution in [1.82, 2.24) is 20.1 Å². The fourth-order valence-electron chi connectivity index (χ4n) is 1.86. The van der Waals surface area contributed by atoms with Gasteiger partial charge in [-0.15, -0.1) is 0 Å². The van der Waals surface area contributed by atoms with Crippen molar-refractivity contribution in [3.8, 4) is 5.75 Å². The van der Waals surface area contributed by atoms with Crippen LogP contribution in [0.4, 0.5) is 4.39 Å². The van der Waals surface area contributed by atoms with Gasteiger partial charge >= 0.3 is 0 Å². The van der Waals surface area contributed by atoms with E-state index < -0.39 is 5.82 Å². The largest absolute Gasteiger partial charge is 0.494 e. The quantitative estimate of drug-likeness (QED) is 0.840. The van der Waals surface area contributed by atoms with Gasteiger partial charge in [0.1, 0.15) is 12.7 Å². The van der Waals surface area contributed by atoms with E-state index in [4.69, 9.17) is 4.74 Å². The number of carbonyl (C=O) groups excluding carboxylic acids is 1. The highest BCUT2D eigenvalue weighted by Gasteiger charge is 2.05. The first kappa shape index (κ1) is 15.0. The molecule has 1 aromatic heterocycles. The fourth-order valence-corrected chi connectivity index (χ4v) is 1.86. The van der Waals surface area contributed by atoms with Crippen LogP contribution in [0.2, 0.25) is 0 Å². The summed E-state index contributed by atoms with van der Waals surface area (Å²) in [5, 5.41) is 6.71. The minimum absolute atomic E-state index is 0.0775. The van der Waals surface area contributed by atoms with Crippen molar-refractivity contribution < 1.29 is 13.9 Å². The molecule has 0 atom stereocenters. The van der Waals surface area contributed by atoms with E-state index in [0.717, 1.165) is 0 Å². The SMILES string of the molecule is COc1ccc(CNC(=O)CCCn2cncn2)cc1F. The molecule has 2 rings (SSSR count). The van der Waals surface area contributed by atoms with Gasteiger partial charge in [-0.3, -0.25) is 9.48 Å². The third-order valence-corrected chi connectivity index (χ3v) is 2.96. The Bertz CT molecular complexity index is 587. The Labute approximate surface area is 121 Å². The van der Waals surface area contributed by atoms with Crippen molar-refractivity contribution in [3.05, 3.63) is 42.2 Å². The minimum atomic E-state index is -0.435. The van der Waals surface area contributed by atoms with Crippen LogP contribution in [0, 0.1) is 5.82 Å². The van der Waals surface area contributed by atoms with Crippen LogP contribution in [0.15, 0.2) is 30.9 Å². The molecule has 1 amide bonds. The van der Waals surface area contributed by atoms with Gasteiger partial charge in [0.25, 0.3) is 0 Å². The third kappa shape index (κ3) is 4.55. The standard InChI is InChI=1S/C14H17FN4O2/c1-21-13-5-4-11(7-12(13)15)8-17-14(20)3-2-6-19-10-16-9-18-19/h4-5,7,9-10H,2-3,6,8H2,1H3,(H,17,20). The summed E-state index contributed by atoms with van der Waals surface area (Å²) >= 11 is 0. The monoisotopic (exact) mass is 292 g/mol. The molecule has 0 aliphatic rings. The Balaban J connectivity index is 1.72. The summed E-state index contributed by atoms with van der Waals surface area (Å²) in [6.07, 6.45) is 4.13. The third-order valence-electron chi connectivity index (χ3n) is 2.96. The summed E-state index contributed by atoms with van der Waals surface area (Å²) in [7, 11) is 1.41. The molecule has 6 nitrogen and oxygen atoms in total. The number of halogens is 1. The van der Waals surface area contributed by atoms with Gasteiger partial charge in [-0.1, -0.05) is 6.07 Å². The van der Waals surface area contributed by atoms with Crippen LogP contribution in [-0.2, 0) is 17.9 Å². The topological polar surface area (TPSA) is 69.0 Å². The lowest BCUT2D eigenvalue weighted by atomic mass is 10.2. The molecular formula is C14H17FN4O2. The van der Waals surface area contributed by atoms with Crippen LogP contribution in [-0.4, -0.2) is 27.8 Å². The molecule has 1 aromatic carbocycles. The first-order valence-electron chi connectivity index (χ1n) is 6.60. The average Bonchev–Trinajstić information content (AvgIpc) is 2.98. The smallest absolute Gasteiger partial charge is 0.220 e. The molecule has 112 valence electrons. The van der Waals surface area contributed by atoms with Gasteiger partial charge in [0.2, 0.25) is 5.91 Å². The van der Waals surface area contributed by atoms with Crippen molar-refractivity contribution in [1.29, 1.82) is 0 Å². The number of hydrogen-bond acceptors (Lipinski definition) is 4. The van der Waals surface area contributed by atoms with Gasteiger partial charge in [0, 0.05) is 19.5 Å². The summed E-state index contributed by atoms with van der Waals surface area (Å²) in [5.74, 6) is -0.320. The molecule has 1 N–H and O–H groups in total. The minimum Gasteiger partial charge on any atom is -0.494 e. The Morgan fingerprint density at radius 3 is 3.00 bits per heavy atom. The molecule has 0 bridgehead atoms. The van der Waals surface area contributed by atoms with E-state index in [1.54, 1.807) is 23.1 Å². The number of amides is 1. The predicted octanol–water partition coefficient (Wildman–Crippen LogP) is 1.52. The van der Waals surface area contributed by atoms with Gasteiger partial charge in [-0.25, -0.2) is 9.37 Å². The van der Waals surface area contributed by atoms with Gasteiger partial charge < -0.3 is 10.1 Å². The summed E-state index contributed by atoms with van der Waals surface area (Å²) < 4.78 is 20.0. The molecule has 7 heteroatoms. The maximum absolute atomic E-state index is 13.5. The molecule has 0 radical (unpaired) electrons. The second kappa shape index (κ2) is 7.37. The maximum Gasteiger partial charge on any atom is 0.220 e. The van der Waals surface area contributed by atoms with Crippen molar-refractivity contribution in [2.24, 2.45) is 0 Å². The number of hydrogen-bond donors (Lipinski definition) is 1. The molecule has 0 aliphatic heterocycles. The summed E-state index contributed by atoms with van der Waals surface area (Å²) in [4.78, 5) is 15.5. The Kier molecular flexibility index (Phi) is 5.25. The van der Waals surface area contributed by atoms with Crippen molar-refractivity contribution in [2.45, 2.75) is 25.9 Å². The van der Waals surface area contributed by atoms with Crippen molar-refractivity contribution in [2.75, 3.05) is 7.11 Å². The zero-order valence-corrected chi connectivity index (χ0v) is 11.8. The highest BCUT2D eigenvalue weighted by molar-refractivity contribution is 5.75. The number of carbonyl (C=O) groups is 1. The summed E-state index contributed by atoms with van der Waals surface area (Å²) in [5.41, 5.74) is 0.693. The number of aromatic nitrogens is 3. The van der Waals surface area contributed by atoms with Crippen molar-refractivity contribution >= 4 is 5.91 Å². The number of ether oxygens (including phenoxy) is 1. The molecule has 0 spiro atoms. The second-order valence-electron chi connectivity index (χ2n) is 4.51. The van der Waals surface area contributed by atoms with E-state index in [1.165, 1.54) is 19.5 Å². The van der Waals surface area contributed by atoms with Crippen LogP contribution < -0.4 is 10.1 Å². The van der Waals surface area contributed by atoms with Gasteiger partial charge in [0.05, 0.1) is 7.11 Å². The number of rotatable bonds is 7. The van der Waals surface area contributed by atoms with Crippen LogP contribution in [0.5, 0.6) is 5.75 Å². The van der Waals surface area contributed by atoms with E-state index in [1.807, 2.05) is 0 Å². The van der Waals surface area contributed by atoms with Crippen LogP contribution >= 0.6 is 0 Å². The van der Waals surface area contributed by atoms with E-state index in [-0.39, 0.29) is 11.7 Å². The number of nitrogens with zero attached hydrogens (tertiary/aromatic N) is 3. The lowest BCUT2D eigenvalue weighted by Crippen LogP contribution is -2.22. The maximum atomic E-state index is 13.5. The molecule has 2 aromatic rings. The summed E-state index contributed by atoms with van der Waals surface area (Å²) in [6.45, 7) is 0.938. The van der Waals surface area contributed by atoms with Gasteiger partial charge in [-0.05, 0) is 24.1 Å². The number of benzene rings is 1. The zero-order valence-electron chi connectivity index (χ0n) is 11.8. The van der Waals surface area contributed by atoms with E-state index in [0.29, 0.717) is 31.5 Å². The summed E-state index contributed by atoms with van der Waals surface area (Å²) in [6, 6.07) is 4.62. The van der Waals surface area contributed by atoms with Crippen LogP contribution in [0.1, 0.15) is 18.4 Å². The van der Waals surface area contributed by atoms with Gasteiger partial charge in [-0.2, -0.15) is 5.10 Å². The van der Waals surface area contributed by atoms with Crippen molar-refractivity contribution in [3.63, 3.8) is 0 Å². The highest BCUT2D eigenvalue weighted by atomic mass is 19.1. The molecule has 0 unspecified atom stereocenters. The fraction of sp³-hybridized carbons (Fsp3) is 0.357. The number of nitrogens with one attached hydrogen (secondary N) is 1. The predicted molar refractivity (Wildman–Crippen MR) is 74.1 cm³/mol. The molecule has 0 saturated heterocycles. The lowest BCUT2D eigenvalue weighted by molar-refractivity contribution is -0.121. The Morgan fingerprint density at radius 2 is 2.33 bits per heavy atom. The normalized spacial score (nSPS) is 10.4. The van der Waals surface area contributed by atoms with Gasteiger partial charge in [0.15, 0.2) is 11.6 Å². The van der Waals surface area contributed by atoms with Crippen LogP contribution in [0.25, 0.3) is 0 Å². The first-order chi connectivity index (χ1) is 10.2. The number of aryl methyl sites for hydroxylation is 1. The molecule has 21 heavy (non-hydrogen) atoms. The second-order valence-corrected chi connectivity index (χ2v) is 4.51. The molecule has 1 heterocycles. The lowest BCUT2D eigenvalue weighted by Gasteiger charge is -2.07. The van der Waals surface area contributed by atoms with E-state index >= 15 is 0 Å². The zero-order chi connectivity index (χ0) is 15.1. The Hall–Kier alpha value is -2.44. The first-order valence-corrected chi connectivity index (χ1v) is 6.60. The molecule has 0 aliphatic carbocycles.